The van der Waals surface area contributed by atoms with Crippen LogP contribution in [-0.2, 0) is 14.8 Å². The molecule has 0 aliphatic heterocycles. The Kier molecular flexibility index (Phi) is 7.76. The number of carbonyl (C=O) groups is 1. The molecule has 1 amide bonds. The molecule has 2 aromatic rings. The van der Waals surface area contributed by atoms with Crippen molar-refractivity contribution in [1.29, 1.82) is 0 Å². The predicted octanol–water partition coefficient (Wildman–Crippen LogP) is 4.47. The van der Waals surface area contributed by atoms with Gasteiger partial charge in [-0.25, -0.2) is 8.42 Å². The molecule has 0 unspecified atom stereocenters. The second kappa shape index (κ2) is 9.73. The maximum absolute atomic E-state index is 13.1. The van der Waals surface area contributed by atoms with Crippen LogP contribution >= 0.6 is 0 Å². The van der Waals surface area contributed by atoms with Crippen molar-refractivity contribution in [2.45, 2.75) is 59.5 Å². The minimum atomic E-state index is -3.66. The fourth-order valence-corrected chi connectivity index (χ4v) is 4.96. The number of ether oxygens (including phenoxy) is 1. The smallest absolute Gasteiger partial charge is 0.244 e. The van der Waals surface area contributed by atoms with Crippen LogP contribution in [0.5, 0.6) is 5.75 Å². The Morgan fingerprint density at radius 3 is 2.19 bits per heavy atom. The van der Waals surface area contributed by atoms with Gasteiger partial charge in [0.15, 0.2) is 0 Å². The van der Waals surface area contributed by atoms with Crippen molar-refractivity contribution in [3.63, 3.8) is 0 Å². The SMILES string of the molecule is COc1cc(C)c([C@@H](C)NC(=O)[C@H](C)N(c2cccc(C)c2)S(C)(=O)=O)cc1C(C)C. The van der Waals surface area contributed by atoms with Crippen LogP contribution in [0.3, 0.4) is 0 Å². The molecule has 0 aliphatic carbocycles. The third kappa shape index (κ3) is 5.79. The highest BCUT2D eigenvalue weighted by molar-refractivity contribution is 7.92. The van der Waals surface area contributed by atoms with Crippen LogP contribution in [-0.4, -0.2) is 33.7 Å². The van der Waals surface area contributed by atoms with Crippen LogP contribution in [0.2, 0.25) is 0 Å². The minimum Gasteiger partial charge on any atom is -0.496 e. The van der Waals surface area contributed by atoms with Crippen LogP contribution in [0.15, 0.2) is 36.4 Å². The molecule has 2 rings (SSSR count). The number of hydrogen-bond donors (Lipinski definition) is 1. The van der Waals surface area contributed by atoms with Gasteiger partial charge < -0.3 is 10.1 Å². The highest BCUT2D eigenvalue weighted by Crippen LogP contribution is 2.32. The van der Waals surface area contributed by atoms with Gasteiger partial charge in [0, 0.05) is 0 Å². The van der Waals surface area contributed by atoms with Gasteiger partial charge >= 0.3 is 0 Å². The van der Waals surface area contributed by atoms with E-state index >= 15 is 0 Å². The summed E-state index contributed by atoms with van der Waals surface area (Å²) in [4.78, 5) is 13.1. The van der Waals surface area contributed by atoms with E-state index in [1.54, 1.807) is 32.2 Å². The number of aryl methyl sites for hydroxylation is 2. The Morgan fingerprint density at radius 1 is 1.03 bits per heavy atom. The summed E-state index contributed by atoms with van der Waals surface area (Å²) in [6, 6.07) is 9.97. The molecule has 0 aliphatic rings. The van der Waals surface area contributed by atoms with E-state index in [9.17, 15) is 13.2 Å². The van der Waals surface area contributed by atoms with E-state index in [1.165, 1.54) is 4.31 Å². The van der Waals surface area contributed by atoms with Gasteiger partial charge in [0.25, 0.3) is 0 Å². The van der Waals surface area contributed by atoms with E-state index < -0.39 is 16.1 Å². The van der Waals surface area contributed by atoms with Crippen LogP contribution < -0.4 is 14.4 Å². The fourth-order valence-electron chi connectivity index (χ4n) is 3.80. The molecular formula is C24H34N2O4S. The molecule has 0 saturated heterocycles. The van der Waals surface area contributed by atoms with Crippen molar-refractivity contribution in [2.24, 2.45) is 0 Å². The summed E-state index contributed by atoms with van der Waals surface area (Å²) in [5, 5.41) is 2.99. The van der Waals surface area contributed by atoms with Crippen molar-refractivity contribution in [2.75, 3.05) is 17.7 Å². The zero-order chi connectivity index (χ0) is 23.5. The number of hydrogen-bond acceptors (Lipinski definition) is 4. The largest absolute Gasteiger partial charge is 0.496 e. The van der Waals surface area contributed by atoms with E-state index in [2.05, 4.69) is 25.2 Å². The fraction of sp³-hybridized carbons (Fsp3) is 0.458. The molecule has 0 fully saturated rings. The molecule has 0 heterocycles. The first kappa shape index (κ1) is 24.7. The van der Waals surface area contributed by atoms with Crippen LogP contribution in [0.4, 0.5) is 5.69 Å². The van der Waals surface area contributed by atoms with Crippen LogP contribution in [0.25, 0.3) is 0 Å². The Morgan fingerprint density at radius 2 is 1.68 bits per heavy atom. The number of anilines is 1. The van der Waals surface area contributed by atoms with Gasteiger partial charge in [-0.3, -0.25) is 9.10 Å². The van der Waals surface area contributed by atoms with E-state index in [-0.39, 0.29) is 17.9 Å². The van der Waals surface area contributed by atoms with Crippen LogP contribution in [0, 0.1) is 13.8 Å². The summed E-state index contributed by atoms with van der Waals surface area (Å²) >= 11 is 0. The van der Waals surface area contributed by atoms with Crippen molar-refractivity contribution in [3.8, 4) is 5.75 Å². The number of nitrogens with zero attached hydrogens (tertiary/aromatic N) is 1. The van der Waals surface area contributed by atoms with Crippen LogP contribution in [0.1, 0.15) is 61.9 Å². The number of nitrogens with one attached hydrogen (secondary N) is 1. The summed E-state index contributed by atoms with van der Waals surface area (Å²) in [5.74, 6) is 0.727. The second-order valence-electron chi connectivity index (χ2n) is 8.41. The third-order valence-corrected chi connectivity index (χ3v) is 6.65. The lowest BCUT2D eigenvalue weighted by molar-refractivity contribution is -0.122. The lowest BCUT2D eigenvalue weighted by Gasteiger charge is -2.30. The van der Waals surface area contributed by atoms with Crippen molar-refractivity contribution < 1.29 is 17.9 Å². The summed E-state index contributed by atoms with van der Waals surface area (Å²) in [5.41, 5.74) is 4.43. The van der Waals surface area contributed by atoms with Gasteiger partial charge in [-0.2, -0.15) is 0 Å². The summed E-state index contributed by atoms with van der Waals surface area (Å²) in [6.45, 7) is 11.5. The monoisotopic (exact) mass is 446 g/mol. The number of carbonyl (C=O) groups excluding carboxylic acids is 1. The third-order valence-electron chi connectivity index (χ3n) is 5.41. The van der Waals surface area contributed by atoms with Gasteiger partial charge in [0.2, 0.25) is 15.9 Å². The topological polar surface area (TPSA) is 75.7 Å². The molecule has 0 saturated carbocycles. The molecule has 31 heavy (non-hydrogen) atoms. The normalized spacial score (nSPS) is 13.6. The van der Waals surface area contributed by atoms with E-state index in [4.69, 9.17) is 4.74 Å². The molecule has 2 aromatic carbocycles. The Labute approximate surface area is 186 Å². The molecule has 0 bridgehead atoms. The first-order chi connectivity index (χ1) is 14.4. The molecule has 0 aromatic heterocycles. The molecule has 2 atom stereocenters. The van der Waals surface area contributed by atoms with Gasteiger partial charge in [-0.15, -0.1) is 0 Å². The molecule has 1 N–H and O–H groups in total. The number of sulfonamides is 1. The Balaban J connectivity index is 2.33. The van der Waals surface area contributed by atoms with Gasteiger partial charge in [0.1, 0.15) is 11.8 Å². The summed E-state index contributed by atoms with van der Waals surface area (Å²) < 4.78 is 31.7. The second-order valence-corrected chi connectivity index (χ2v) is 10.3. The van der Waals surface area contributed by atoms with Gasteiger partial charge in [-0.1, -0.05) is 26.0 Å². The standard InChI is InChI=1S/C24H34N2O4S/c1-15(2)21-14-22(17(4)13-23(21)30-7)18(5)25-24(27)19(6)26(31(8,28)29)20-11-9-10-16(3)12-20/h9-15,18-19H,1-8H3,(H,25,27)/t18-,19+/m1/s1. The molecule has 7 heteroatoms. The summed E-state index contributed by atoms with van der Waals surface area (Å²) in [6.07, 6.45) is 1.12. The van der Waals surface area contributed by atoms with E-state index in [1.807, 2.05) is 32.9 Å². The van der Waals surface area contributed by atoms with Crippen molar-refractivity contribution >= 4 is 21.6 Å². The zero-order valence-corrected chi connectivity index (χ0v) is 20.5. The summed E-state index contributed by atoms with van der Waals surface area (Å²) in [7, 11) is -2.01. The Hall–Kier alpha value is -2.54. The average molecular weight is 447 g/mol. The first-order valence-electron chi connectivity index (χ1n) is 10.4. The first-order valence-corrected chi connectivity index (χ1v) is 12.3. The maximum atomic E-state index is 13.1. The lowest BCUT2D eigenvalue weighted by atomic mass is 9.93. The van der Waals surface area contributed by atoms with Crippen molar-refractivity contribution in [1.82, 2.24) is 5.32 Å². The molecule has 0 spiro atoms. The average Bonchev–Trinajstić information content (AvgIpc) is 2.66. The van der Waals surface area contributed by atoms with E-state index in [0.717, 1.165) is 34.3 Å². The number of amides is 1. The minimum absolute atomic E-state index is 0.262. The number of benzene rings is 2. The maximum Gasteiger partial charge on any atom is 0.244 e. The quantitative estimate of drug-likeness (QED) is 0.649. The Bertz CT molecular complexity index is 1050. The zero-order valence-electron chi connectivity index (χ0n) is 19.7. The number of methoxy groups -OCH3 is 1. The van der Waals surface area contributed by atoms with Gasteiger partial charge in [-0.05, 0) is 80.1 Å². The highest BCUT2D eigenvalue weighted by atomic mass is 32.2. The van der Waals surface area contributed by atoms with E-state index in [0.29, 0.717) is 5.69 Å². The molecular weight excluding hydrogens is 412 g/mol. The molecule has 6 nitrogen and oxygen atoms in total. The van der Waals surface area contributed by atoms with Gasteiger partial charge in [0.05, 0.1) is 25.1 Å². The number of rotatable bonds is 8. The molecule has 170 valence electrons. The highest BCUT2D eigenvalue weighted by Gasteiger charge is 2.30. The lowest BCUT2D eigenvalue weighted by Crippen LogP contribution is -2.48. The predicted molar refractivity (Wildman–Crippen MR) is 126 cm³/mol. The molecule has 0 radical (unpaired) electrons. The van der Waals surface area contributed by atoms with Crippen molar-refractivity contribution in [3.05, 3.63) is 58.7 Å².